The van der Waals surface area contributed by atoms with Crippen molar-refractivity contribution >= 4 is 0 Å². The van der Waals surface area contributed by atoms with E-state index in [1.54, 1.807) is 0 Å². The number of likely N-dealkylation sites (tertiary alicyclic amines) is 1. The minimum absolute atomic E-state index is 0.290. The van der Waals surface area contributed by atoms with Crippen molar-refractivity contribution in [3.8, 4) is 0 Å². The van der Waals surface area contributed by atoms with Crippen molar-refractivity contribution in [3.63, 3.8) is 0 Å². The molecule has 2 rings (SSSR count). The van der Waals surface area contributed by atoms with E-state index in [4.69, 9.17) is 10.3 Å². The molecule has 0 aliphatic carbocycles. The lowest BCUT2D eigenvalue weighted by Crippen LogP contribution is -2.30. The van der Waals surface area contributed by atoms with Crippen LogP contribution in [0.15, 0.2) is 4.52 Å². The minimum atomic E-state index is 0.290. The minimum Gasteiger partial charge on any atom is -0.338 e. The van der Waals surface area contributed by atoms with Gasteiger partial charge in [-0.25, -0.2) is 0 Å². The summed E-state index contributed by atoms with van der Waals surface area (Å²) in [6, 6.07) is 0.809. The summed E-state index contributed by atoms with van der Waals surface area (Å²) in [5.74, 6) is 1.32. The molecule has 1 aromatic rings. The molecule has 0 amide bonds. The summed E-state index contributed by atoms with van der Waals surface area (Å²) in [6.45, 7) is 5.84. The van der Waals surface area contributed by atoms with Crippen LogP contribution in [-0.4, -0.2) is 27.6 Å². The lowest BCUT2D eigenvalue weighted by Gasteiger charge is -2.25. The maximum absolute atomic E-state index is 5.46. The Labute approximate surface area is 89.6 Å². The quantitative estimate of drug-likeness (QED) is 0.808. The van der Waals surface area contributed by atoms with Gasteiger partial charge in [0.2, 0.25) is 5.89 Å². The number of hydrogen-bond donors (Lipinski definition) is 1. The third-order valence-electron chi connectivity index (χ3n) is 2.91. The largest absolute Gasteiger partial charge is 0.338 e. The van der Waals surface area contributed by atoms with E-state index in [1.807, 2.05) is 0 Å². The molecule has 0 radical (unpaired) electrons. The molecule has 0 bridgehead atoms. The molecule has 0 saturated carbocycles. The molecular formula is C10H18N4O. The molecule has 1 aliphatic rings. The molecule has 1 atom stereocenters. The molecule has 1 aliphatic heterocycles. The zero-order valence-corrected chi connectivity index (χ0v) is 9.31. The van der Waals surface area contributed by atoms with E-state index in [0.717, 1.165) is 18.9 Å². The number of rotatable bonds is 3. The Bertz CT molecular complexity index is 323. The average molecular weight is 210 g/mol. The van der Waals surface area contributed by atoms with Crippen molar-refractivity contribution in [3.05, 3.63) is 11.7 Å². The summed E-state index contributed by atoms with van der Waals surface area (Å²) < 4.78 is 5.24. The Morgan fingerprint density at radius 1 is 1.60 bits per heavy atom. The number of aromatic nitrogens is 2. The van der Waals surface area contributed by atoms with Crippen LogP contribution in [0, 0.1) is 0 Å². The standard InChI is InChI=1S/C10H18N4O/c1-7(2)14-5-3-4-8(14)10-12-9(6-11)13-15-10/h7-8H,3-6,11H2,1-2H3. The van der Waals surface area contributed by atoms with Gasteiger partial charge in [0.05, 0.1) is 12.6 Å². The second-order valence-electron chi connectivity index (χ2n) is 4.24. The van der Waals surface area contributed by atoms with Gasteiger partial charge in [-0.05, 0) is 33.2 Å². The first-order valence-electron chi connectivity index (χ1n) is 5.50. The fourth-order valence-electron chi connectivity index (χ4n) is 2.16. The van der Waals surface area contributed by atoms with Gasteiger partial charge >= 0.3 is 0 Å². The SMILES string of the molecule is CC(C)N1CCCC1c1nc(CN)no1. The molecule has 84 valence electrons. The zero-order chi connectivity index (χ0) is 10.8. The highest BCUT2D eigenvalue weighted by molar-refractivity contribution is 4.97. The van der Waals surface area contributed by atoms with Crippen LogP contribution in [0.25, 0.3) is 0 Å². The Morgan fingerprint density at radius 2 is 2.40 bits per heavy atom. The van der Waals surface area contributed by atoms with Gasteiger partial charge < -0.3 is 10.3 Å². The first kappa shape index (κ1) is 10.6. The molecule has 0 spiro atoms. The highest BCUT2D eigenvalue weighted by Crippen LogP contribution is 2.32. The number of hydrogen-bond acceptors (Lipinski definition) is 5. The Hall–Kier alpha value is -0.940. The number of nitrogens with two attached hydrogens (primary N) is 1. The van der Waals surface area contributed by atoms with Crippen molar-refractivity contribution < 1.29 is 4.52 Å². The Balaban J connectivity index is 2.15. The van der Waals surface area contributed by atoms with Gasteiger partial charge in [-0.15, -0.1) is 0 Å². The fourth-order valence-corrected chi connectivity index (χ4v) is 2.16. The molecule has 5 heteroatoms. The van der Waals surface area contributed by atoms with E-state index >= 15 is 0 Å². The van der Waals surface area contributed by atoms with Crippen molar-refractivity contribution in [2.24, 2.45) is 5.73 Å². The van der Waals surface area contributed by atoms with Gasteiger partial charge in [-0.3, -0.25) is 4.90 Å². The van der Waals surface area contributed by atoms with Crippen LogP contribution < -0.4 is 5.73 Å². The summed E-state index contributed by atoms with van der Waals surface area (Å²) in [4.78, 5) is 6.70. The maximum Gasteiger partial charge on any atom is 0.244 e. The van der Waals surface area contributed by atoms with Crippen LogP contribution >= 0.6 is 0 Å². The van der Waals surface area contributed by atoms with Crippen LogP contribution in [0.2, 0.25) is 0 Å². The summed E-state index contributed by atoms with van der Waals surface area (Å²) >= 11 is 0. The first-order valence-corrected chi connectivity index (χ1v) is 5.50. The second-order valence-corrected chi connectivity index (χ2v) is 4.24. The molecule has 2 N–H and O–H groups in total. The first-order chi connectivity index (χ1) is 7.22. The van der Waals surface area contributed by atoms with Crippen LogP contribution in [0.1, 0.15) is 44.4 Å². The summed E-state index contributed by atoms with van der Waals surface area (Å²) in [7, 11) is 0. The van der Waals surface area contributed by atoms with Crippen LogP contribution in [-0.2, 0) is 6.54 Å². The van der Waals surface area contributed by atoms with Gasteiger partial charge in [-0.1, -0.05) is 5.16 Å². The normalized spacial score (nSPS) is 22.8. The molecular weight excluding hydrogens is 192 g/mol. The van der Waals surface area contributed by atoms with Crippen LogP contribution in [0.4, 0.5) is 0 Å². The Kier molecular flexibility index (Phi) is 3.02. The Morgan fingerprint density at radius 3 is 3.00 bits per heavy atom. The van der Waals surface area contributed by atoms with E-state index in [-0.39, 0.29) is 6.04 Å². The van der Waals surface area contributed by atoms with E-state index < -0.39 is 0 Å². The molecule has 1 fully saturated rings. The smallest absolute Gasteiger partial charge is 0.244 e. The summed E-state index contributed by atoms with van der Waals surface area (Å²) in [6.07, 6.45) is 2.30. The third kappa shape index (κ3) is 2.03. The van der Waals surface area contributed by atoms with Crippen LogP contribution in [0.3, 0.4) is 0 Å². The molecule has 2 heterocycles. The van der Waals surface area contributed by atoms with Crippen molar-refractivity contribution in [2.75, 3.05) is 6.54 Å². The third-order valence-corrected chi connectivity index (χ3v) is 2.91. The van der Waals surface area contributed by atoms with E-state index in [0.29, 0.717) is 18.4 Å². The number of nitrogens with zero attached hydrogens (tertiary/aromatic N) is 3. The van der Waals surface area contributed by atoms with Crippen molar-refractivity contribution in [1.82, 2.24) is 15.0 Å². The average Bonchev–Trinajstić information content (AvgIpc) is 2.85. The highest BCUT2D eigenvalue weighted by Gasteiger charge is 2.31. The zero-order valence-electron chi connectivity index (χ0n) is 9.31. The highest BCUT2D eigenvalue weighted by atomic mass is 16.5. The lowest BCUT2D eigenvalue weighted by atomic mass is 10.2. The second kappa shape index (κ2) is 4.28. The van der Waals surface area contributed by atoms with E-state index in [2.05, 4.69) is 28.9 Å². The van der Waals surface area contributed by atoms with Crippen molar-refractivity contribution in [2.45, 2.75) is 45.3 Å². The fraction of sp³-hybridized carbons (Fsp3) is 0.800. The van der Waals surface area contributed by atoms with Gasteiger partial charge in [-0.2, -0.15) is 4.98 Å². The summed E-state index contributed by atoms with van der Waals surface area (Å²) in [5, 5.41) is 3.84. The predicted molar refractivity (Wildman–Crippen MR) is 56.0 cm³/mol. The molecule has 1 unspecified atom stereocenters. The van der Waals surface area contributed by atoms with Gasteiger partial charge in [0, 0.05) is 6.04 Å². The monoisotopic (exact) mass is 210 g/mol. The van der Waals surface area contributed by atoms with Gasteiger partial charge in [0.25, 0.3) is 0 Å². The molecule has 5 nitrogen and oxygen atoms in total. The molecule has 0 aromatic carbocycles. The van der Waals surface area contributed by atoms with E-state index in [9.17, 15) is 0 Å². The maximum atomic E-state index is 5.46. The molecule has 15 heavy (non-hydrogen) atoms. The summed E-state index contributed by atoms with van der Waals surface area (Å²) in [5.41, 5.74) is 5.46. The van der Waals surface area contributed by atoms with Crippen LogP contribution in [0.5, 0.6) is 0 Å². The van der Waals surface area contributed by atoms with Gasteiger partial charge in [0.15, 0.2) is 5.82 Å². The van der Waals surface area contributed by atoms with E-state index in [1.165, 1.54) is 6.42 Å². The predicted octanol–water partition coefficient (Wildman–Crippen LogP) is 1.07. The molecule has 1 aromatic heterocycles. The van der Waals surface area contributed by atoms with Crippen molar-refractivity contribution in [1.29, 1.82) is 0 Å². The van der Waals surface area contributed by atoms with Gasteiger partial charge in [0.1, 0.15) is 0 Å². The molecule has 1 saturated heterocycles. The topological polar surface area (TPSA) is 68.2 Å². The lowest BCUT2D eigenvalue weighted by molar-refractivity contribution is 0.170.